The van der Waals surface area contributed by atoms with Crippen LogP contribution in [0.1, 0.15) is 18.1 Å². The fourth-order valence-electron chi connectivity index (χ4n) is 2.99. The van der Waals surface area contributed by atoms with Crippen LogP contribution in [0, 0.1) is 23.2 Å². The average Bonchev–Trinajstić information content (AvgIpc) is 3.27. The molecule has 1 unspecified atom stereocenters. The second-order valence-electron chi connectivity index (χ2n) is 6.24. The van der Waals surface area contributed by atoms with Gasteiger partial charge < -0.3 is 21.1 Å². The van der Waals surface area contributed by atoms with Gasteiger partial charge in [0.1, 0.15) is 11.9 Å². The normalized spacial score (nSPS) is 24.3. The lowest BCUT2D eigenvalue weighted by Gasteiger charge is -2.12. The number of hydrogen-bond donors (Lipinski definition) is 3. The number of nitrogens with zero attached hydrogens (tertiary/aromatic N) is 2. The predicted molar refractivity (Wildman–Crippen MR) is 89.2 cm³/mol. The van der Waals surface area contributed by atoms with Gasteiger partial charge in [0.05, 0.1) is 24.4 Å². The molecule has 2 amide bonds. The zero-order chi connectivity index (χ0) is 17.6. The molecule has 4 rings (SSSR count). The Morgan fingerprint density at radius 3 is 2.96 bits per heavy atom. The molecule has 0 spiro atoms. The van der Waals surface area contributed by atoms with Crippen LogP contribution >= 0.6 is 0 Å². The first kappa shape index (κ1) is 15.2. The molecular weight excluding hydrogens is 322 g/mol. The number of pyridine rings is 1. The molecule has 4 N–H and O–H groups in total. The maximum Gasteiger partial charge on any atom is 0.407 e. The summed E-state index contributed by atoms with van der Waals surface area (Å²) in [5, 5.41) is 15.7. The molecule has 2 heterocycles. The number of nitriles is 1. The van der Waals surface area contributed by atoms with Gasteiger partial charge in [0.15, 0.2) is 0 Å². The number of nitrogens with one attached hydrogen (secondary N) is 2. The number of carbonyl (C=O) groups is 2. The summed E-state index contributed by atoms with van der Waals surface area (Å²) in [5.74, 6) is -0.259. The van der Waals surface area contributed by atoms with Crippen molar-refractivity contribution in [3.63, 3.8) is 0 Å². The lowest BCUT2D eigenvalue weighted by molar-refractivity contribution is -0.117. The zero-order valence-electron chi connectivity index (χ0n) is 13.2. The van der Waals surface area contributed by atoms with Gasteiger partial charge in [-0.15, -0.1) is 0 Å². The van der Waals surface area contributed by atoms with E-state index >= 15 is 0 Å². The first-order chi connectivity index (χ1) is 12.0. The van der Waals surface area contributed by atoms with E-state index in [0.717, 1.165) is 16.3 Å². The minimum absolute atomic E-state index is 0.198. The summed E-state index contributed by atoms with van der Waals surface area (Å²) < 4.78 is 5.19. The molecule has 25 heavy (non-hydrogen) atoms. The highest BCUT2D eigenvalue weighted by Crippen LogP contribution is 2.38. The maximum absolute atomic E-state index is 12.1. The van der Waals surface area contributed by atoms with Gasteiger partial charge in [-0.2, -0.15) is 5.26 Å². The molecule has 1 aromatic carbocycles. The third kappa shape index (κ3) is 2.80. The number of hydrogen-bond acceptors (Lipinski definition) is 6. The number of rotatable bonds is 3. The van der Waals surface area contributed by atoms with E-state index < -0.39 is 12.2 Å². The highest BCUT2D eigenvalue weighted by Gasteiger charge is 2.43. The van der Waals surface area contributed by atoms with E-state index in [9.17, 15) is 9.59 Å². The summed E-state index contributed by atoms with van der Waals surface area (Å²) in [6.07, 6.45) is 1.33. The molecule has 2 fully saturated rings. The number of fused-ring (bicyclic) bond motifs is 1. The number of cyclic esters (lactones) is 1. The van der Waals surface area contributed by atoms with Crippen LogP contribution in [0.15, 0.2) is 24.4 Å². The van der Waals surface area contributed by atoms with E-state index in [1.165, 1.54) is 0 Å². The molecule has 0 bridgehead atoms. The standard InChI is InChI=1S/C17H15N5O3/c18-5-10-2-11(10)16(23)22-15-4-8-1-9(14-7-21-17(24)25-14)3-13(19)12(8)6-20-15/h1,3-4,6,10-11,14H,2,7,19H2,(H,21,24)(H,20,22,23)/t10-,11+,14?/m0/s1. The fraction of sp³-hybridized carbons (Fsp3) is 0.294. The first-order valence-corrected chi connectivity index (χ1v) is 7.89. The molecule has 1 saturated carbocycles. The highest BCUT2D eigenvalue weighted by molar-refractivity contribution is 5.98. The Kier molecular flexibility index (Phi) is 3.42. The van der Waals surface area contributed by atoms with Gasteiger partial charge in [-0.25, -0.2) is 9.78 Å². The van der Waals surface area contributed by atoms with Crippen molar-refractivity contribution in [2.24, 2.45) is 11.8 Å². The van der Waals surface area contributed by atoms with Crippen LogP contribution in [0.25, 0.3) is 10.8 Å². The molecule has 1 aliphatic heterocycles. The van der Waals surface area contributed by atoms with Crippen molar-refractivity contribution in [1.82, 2.24) is 10.3 Å². The Hall–Kier alpha value is -3.34. The Morgan fingerprint density at radius 1 is 1.44 bits per heavy atom. The Bertz CT molecular complexity index is 936. The Labute approximate surface area is 143 Å². The Morgan fingerprint density at radius 2 is 2.28 bits per heavy atom. The third-order valence-corrected chi connectivity index (χ3v) is 4.49. The number of anilines is 2. The molecule has 1 aliphatic carbocycles. The monoisotopic (exact) mass is 337 g/mol. The van der Waals surface area contributed by atoms with Crippen molar-refractivity contribution in [3.05, 3.63) is 30.0 Å². The predicted octanol–water partition coefficient (Wildman–Crippen LogP) is 1.70. The Balaban J connectivity index is 1.61. The number of nitrogens with two attached hydrogens (primary N) is 1. The van der Waals surface area contributed by atoms with Crippen LogP contribution in [-0.4, -0.2) is 23.5 Å². The van der Waals surface area contributed by atoms with Crippen molar-refractivity contribution < 1.29 is 14.3 Å². The smallest absolute Gasteiger partial charge is 0.407 e. The zero-order valence-corrected chi connectivity index (χ0v) is 13.2. The third-order valence-electron chi connectivity index (χ3n) is 4.49. The molecule has 3 atom stereocenters. The van der Waals surface area contributed by atoms with Gasteiger partial charge in [0.2, 0.25) is 5.91 Å². The quantitative estimate of drug-likeness (QED) is 0.731. The van der Waals surface area contributed by atoms with Crippen molar-refractivity contribution >= 4 is 34.3 Å². The highest BCUT2D eigenvalue weighted by atomic mass is 16.6. The molecule has 0 radical (unpaired) electrons. The summed E-state index contributed by atoms with van der Waals surface area (Å²) in [6, 6.07) is 7.44. The molecule has 1 aromatic heterocycles. The van der Waals surface area contributed by atoms with Crippen molar-refractivity contribution in [2.45, 2.75) is 12.5 Å². The number of nitrogen functional groups attached to an aromatic ring is 1. The van der Waals surface area contributed by atoms with Crippen molar-refractivity contribution in [1.29, 1.82) is 5.26 Å². The lowest BCUT2D eigenvalue weighted by Crippen LogP contribution is -2.15. The number of alkyl carbamates (subject to hydrolysis) is 1. The van der Waals surface area contributed by atoms with Crippen LogP contribution < -0.4 is 16.4 Å². The van der Waals surface area contributed by atoms with E-state index in [2.05, 4.69) is 21.7 Å². The van der Waals surface area contributed by atoms with Crippen molar-refractivity contribution in [2.75, 3.05) is 17.6 Å². The average molecular weight is 337 g/mol. The van der Waals surface area contributed by atoms with E-state index in [4.69, 9.17) is 15.7 Å². The van der Waals surface area contributed by atoms with Gasteiger partial charge in [0.25, 0.3) is 0 Å². The van der Waals surface area contributed by atoms with Crippen LogP contribution in [0.5, 0.6) is 0 Å². The number of benzene rings is 1. The summed E-state index contributed by atoms with van der Waals surface area (Å²) in [5.41, 5.74) is 7.38. The maximum atomic E-state index is 12.1. The first-order valence-electron chi connectivity index (χ1n) is 7.89. The van der Waals surface area contributed by atoms with Gasteiger partial charge in [-0.05, 0) is 35.6 Å². The topological polar surface area (TPSA) is 130 Å². The van der Waals surface area contributed by atoms with Crippen LogP contribution in [0.3, 0.4) is 0 Å². The lowest BCUT2D eigenvalue weighted by atomic mass is 10.0. The molecule has 2 aliphatic rings. The van der Waals surface area contributed by atoms with Crippen LogP contribution in [-0.2, 0) is 9.53 Å². The molecule has 8 nitrogen and oxygen atoms in total. The number of ether oxygens (including phenoxy) is 1. The van der Waals surface area contributed by atoms with E-state index in [-0.39, 0.29) is 17.7 Å². The summed E-state index contributed by atoms with van der Waals surface area (Å²) in [7, 11) is 0. The number of amides is 2. The summed E-state index contributed by atoms with van der Waals surface area (Å²) in [4.78, 5) is 27.5. The van der Waals surface area contributed by atoms with E-state index in [1.807, 2.05) is 6.07 Å². The van der Waals surface area contributed by atoms with Gasteiger partial charge >= 0.3 is 6.09 Å². The van der Waals surface area contributed by atoms with E-state index in [0.29, 0.717) is 24.5 Å². The largest absolute Gasteiger partial charge is 0.439 e. The second kappa shape index (κ2) is 5.63. The molecular formula is C17H15N5O3. The minimum atomic E-state index is -0.456. The second-order valence-corrected chi connectivity index (χ2v) is 6.24. The summed E-state index contributed by atoms with van der Waals surface area (Å²) in [6.45, 7) is 0.385. The molecule has 2 aromatic rings. The van der Waals surface area contributed by atoms with Crippen LogP contribution in [0.4, 0.5) is 16.3 Å². The van der Waals surface area contributed by atoms with Gasteiger partial charge in [-0.3, -0.25) is 4.79 Å². The summed E-state index contributed by atoms with van der Waals surface area (Å²) >= 11 is 0. The number of carbonyl (C=O) groups excluding carboxylic acids is 2. The molecule has 8 heteroatoms. The van der Waals surface area contributed by atoms with E-state index in [1.54, 1.807) is 18.3 Å². The van der Waals surface area contributed by atoms with Gasteiger partial charge in [0, 0.05) is 17.3 Å². The minimum Gasteiger partial charge on any atom is -0.439 e. The van der Waals surface area contributed by atoms with Gasteiger partial charge in [-0.1, -0.05) is 0 Å². The number of aromatic nitrogens is 1. The van der Waals surface area contributed by atoms with Crippen molar-refractivity contribution in [3.8, 4) is 6.07 Å². The fourth-order valence-corrected chi connectivity index (χ4v) is 2.99. The van der Waals surface area contributed by atoms with Crippen LogP contribution in [0.2, 0.25) is 0 Å². The molecule has 126 valence electrons. The SMILES string of the molecule is N#C[C@@H]1C[C@H]1C(=O)Nc1cc2cc(C3CNC(=O)O3)cc(N)c2cn1. The molecule has 1 saturated heterocycles.